The van der Waals surface area contributed by atoms with Crippen molar-refractivity contribution in [1.29, 1.82) is 0 Å². The molecule has 14 heavy (non-hydrogen) atoms. The van der Waals surface area contributed by atoms with Crippen molar-refractivity contribution in [3.05, 3.63) is 24.0 Å². The molecule has 0 unspecified atom stereocenters. The Kier molecular flexibility index (Phi) is 1.96. The Morgan fingerprint density at radius 3 is 2.86 bits per heavy atom. The lowest BCUT2D eigenvalue weighted by Crippen LogP contribution is -1.99. The summed E-state index contributed by atoms with van der Waals surface area (Å²) in [5.41, 5.74) is 9.93. The lowest BCUT2D eigenvalue weighted by Gasteiger charge is -2.07. The summed E-state index contributed by atoms with van der Waals surface area (Å²) in [6, 6.07) is 3.81. The van der Waals surface area contributed by atoms with Gasteiger partial charge in [0.2, 0.25) is 0 Å². The second kappa shape index (κ2) is 3.14. The first-order valence-corrected chi connectivity index (χ1v) is 4.42. The van der Waals surface area contributed by atoms with E-state index in [-0.39, 0.29) is 0 Å². The molecule has 0 bridgehead atoms. The van der Waals surface area contributed by atoms with Crippen molar-refractivity contribution in [3.63, 3.8) is 0 Å². The molecule has 0 amide bonds. The van der Waals surface area contributed by atoms with Gasteiger partial charge in [0.15, 0.2) is 0 Å². The van der Waals surface area contributed by atoms with E-state index in [9.17, 15) is 0 Å². The molecule has 0 aliphatic rings. The monoisotopic (exact) mass is 188 g/mol. The van der Waals surface area contributed by atoms with Crippen LogP contribution in [0.15, 0.2) is 18.3 Å². The van der Waals surface area contributed by atoms with Gasteiger partial charge >= 0.3 is 0 Å². The minimum Gasteiger partial charge on any atom is -0.395 e. The topological polar surface area (TPSA) is 63.8 Å². The number of nitrogens with one attached hydrogen (secondary N) is 1. The zero-order valence-electron chi connectivity index (χ0n) is 8.20. The summed E-state index contributed by atoms with van der Waals surface area (Å²) in [5.74, 6) is 0. The maximum absolute atomic E-state index is 5.93. The van der Waals surface area contributed by atoms with Crippen LogP contribution in [0.3, 0.4) is 0 Å². The maximum Gasteiger partial charge on any atom is 0.114 e. The summed E-state index contributed by atoms with van der Waals surface area (Å²) < 4.78 is 0. The highest BCUT2D eigenvalue weighted by Crippen LogP contribution is 2.25. The molecule has 0 saturated heterocycles. The first kappa shape index (κ1) is 8.74. The van der Waals surface area contributed by atoms with Crippen molar-refractivity contribution in [2.24, 2.45) is 0 Å². The van der Waals surface area contributed by atoms with Crippen LogP contribution in [0.5, 0.6) is 0 Å². The second-order valence-corrected chi connectivity index (χ2v) is 3.16. The number of aromatic nitrogens is 2. The van der Waals surface area contributed by atoms with Crippen molar-refractivity contribution in [3.8, 4) is 0 Å². The molecule has 4 nitrogen and oxygen atoms in total. The van der Waals surface area contributed by atoms with Gasteiger partial charge in [-0.3, -0.25) is 4.98 Å². The van der Waals surface area contributed by atoms with Crippen LogP contribution in [0.25, 0.3) is 11.0 Å². The molecule has 0 atom stereocenters. The lowest BCUT2D eigenvalue weighted by molar-refractivity contribution is 1.19. The molecule has 3 N–H and O–H groups in total. The number of hydrogen-bond donors (Lipinski definition) is 2. The Balaban J connectivity index is 2.79. The fourth-order valence-electron chi connectivity index (χ4n) is 1.40. The lowest BCUT2D eigenvalue weighted by atomic mass is 10.2. The Labute approximate surface area is 82.2 Å². The van der Waals surface area contributed by atoms with E-state index >= 15 is 0 Å². The quantitative estimate of drug-likeness (QED) is 0.667. The van der Waals surface area contributed by atoms with Gasteiger partial charge in [0.05, 0.1) is 22.6 Å². The molecule has 0 radical (unpaired) electrons. The standard InChI is InChI=1S/C10H12N4/c1-6-5-13-8-4-3-7(12-2)9(11)10(8)14-6/h3-5,12H,11H2,1-2H3. The summed E-state index contributed by atoms with van der Waals surface area (Å²) in [6.45, 7) is 1.90. The number of nitrogen functional groups attached to an aromatic ring is 1. The van der Waals surface area contributed by atoms with E-state index in [2.05, 4.69) is 15.3 Å². The molecule has 1 heterocycles. The van der Waals surface area contributed by atoms with E-state index in [1.165, 1.54) is 0 Å². The fourth-order valence-corrected chi connectivity index (χ4v) is 1.40. The third-order valence-electron chi connectivity index (χ3n) is 2.14. The van der Waals surface area contributed by atoms with Gasteiger partial charge in [-0.05, 0) is 19.1 Å². The second-order valence-electron chi connectivity index (χ2n) is 3.16. The third kappa shape index (κ3) is 1.25. The van der Waals surface area contributed by atoms with Crippen LogP contribution in [0.1, 0.15) is 5.69 Å². The zero-order valence-corrected chi connectivity index (χ0v) is 8.20. The van der Waals surface area contributed by atoms with Gasteiger partial charge in [-0.25, -0.2) is 4.98 Å². The summed E-state index contributed by atoms with van der Waals surface area (Å²) in [7, 11) is 1.83. The smallest absolute Gasteiger partial charge is 0.114 e. The highest BCUT2D eigenvalue weighted by molar-refractivity contribution is 5.93. The first-order valence-electron chi connectivity index (χ1n) is 4.42. The van der Waals surface area contributed by atoms with Crippen LogP contribution >= 0.6 is 0 Å². The molecule has 4 heteroatoms. The molecule has 72 valence electrons. The van der Waals surface area contributed by atoms with Crippen molar-refractivity contribution in [1.82, 2.24) is 9.97 Å². The van der Waals surface area contributed by atoms with Crippen molar-refractivity contribution in [2.45, 2.75) is 6.92 Å². The van der Waals surface area contributed by atoms with E-state index in [0.29, 0.717) is 5.69 Å². The van der Waals surface area contributed by atoms with Gasteiger partial charge in [0, 0.05) is 13.2 Å². The Bertz CT molecular complexity index is 479. The predicted octanol–water partition coefficient (Wildman–Crippen LogP) is 1.56. The van der Waals surface area contributed by atoms with Gasteiger partial charge in [-0.1, -0.05) is 0 Å². The summed E-state index contributed by atoms with van der Waals surface area (Å²) in [5, 5.41) is 3.01. The average Bonchev–Trinajstić information content (AvgIpc) is 2.20. The van der Waals surface area contributed by atoms with Gasteiger partial charge in [-0.2, -0.15) is 0 Å². The van der Waals surface area contributed by atoms with E-state index in [4.69, 9.17) is 5.73 Å². The Hall–Kier alpha value is -1.84. The molecule has 0 saturated carbocycles. The highest BCUT2D eigenvalue weighted by Gasteiger charge is 2.05. The first-order chi connectivity index (χ1) is 6.72. The third-order valence-corrected chi connectivity index (χ3v) is 2.14. The molecule has 0 aliphatic carbocycles. The molecule has 0 fully saturated rings. The number of nitrogens with two attached hydrogens (primary N) is 1. The molecular weight excluding hydrogens is 176 g/mol. The van der Waals surface area contributed by atoms with Crippen molar-refractivity contribution in [2.75, 3.05) is 18.1 Å². The van der Waals surface area contributed by atoms with Crippen molar-refractivity contribution < 1.29 is 0 Å². The number of anilines is 2. The van der Waals surface area contributed by atoms with Crippen LogP contribution < -0.4 is 11.1 Å². The number of nitrogens with zero attached hydrogens (tertiary/aromatic N) is 2. The molecule has 0 spiro atoms. The summed E-state index contributed by atoms with van der Waals surface area (Å²) in [4.78, 5) is 8.60. The van der Waals surface area contributed by atoms with Crippen LogP contribution in [-0.2, 0) is 0 Å². The average molecular weight is 188 g/mol. The van der Waals surface area contributed by atoms with Gasteiger partial charge < -0.3 is 11.1 Å². The summed E-state index contributed by atoms with van der Waals surface area (Å²) >= 11 is 0. The van der Waals surface area contributed by atoms with E-state index in [0.717, 1.165) is 22.4 Å². The SMILES string of the molecule is CNc1ccc2ncc(C)nc2c1N. The molecule has 1 aromatic carbocycles. The number of hydrogen-bond acceptors (Lipinski definition) is 4. The number of aryl methyl sites for hydroxylation is 1. The van der Waals surface area contributed by atoms with E-state index in [1.807, 2.05) is 26.1 Å². The fraction of sp³-hybridized carbons (Fsp3) is 0.200. The minimum atomic E-state index is 0.654. The molecule has 1 aromatic heterocycles. The molecule has 2 rings (SSSR count). The molecule has 0 aliphatic heterocycles. The van der Waals surface area contributed by atoms with E-state index in [1.54, 1.807) is 6.20 Å². The van der Waals surface area contributed by atoms with Crippen LogP contribution in [0.2, 0.25) is 0 Å². The molecule has 2 aromatic rings. The number of fused-ring (bicyclic) bond motifs is 1. The van der Waals surface area contributed by atoms with Gasteiger partial charge in [-0.15, -0.1) is 0 Å². The van der Waals surface area contributed by atoms with Crippen LogP contribution in [-0.4, -0.2) is 17.0 Å². The van der Waals surface area contributed by atoms with E-state index < -0.39 is 0 Å². The Morgan fingerprint density at radius 2 is 2.14 bits per heavy atom. The predicted molar refractivity (Wildman–Crippen MR) is 58.2 cm³/mol. The largest absolute Gasteiger partial charge is 0.395 e. The van der Waals surface area contributed by atoms with Crippen molar-refractivity contribution >= 4 is 22.4 Å². The van der Waals surface area contributed by atoms with Crippen LogP contribution in [0, 0.1) is 6.92 Å². The van der Waals surface area contributed by atoms with Crippen LogP contribution in [0.4, 0.5) is 11.4 Å². The highest BCUT2D eigenvalue weighted by atomic mass is 14.9. The van der Waals surface area contributed by atoms with Gasteiger partial charge in [0.25, 0.3) is 0 Å². The minimum absolute atomic E-state index is 0.654. The number of rotatable bonds is 1. The zero-order chi connectivity index (χ0) is 10.1. The normalized spacial score (nSPS) is 10.4. The summed E-state index contributed by atoms with van der Waals surface area (Å²) in [6.07, 6.45) is 1.74. The maximum atomic E-state index is 5.93. The van der Waals surface area contributed by atoms with Gasteiger partial charge in [0.1, 0.15) is 5.52 Å². The Morgan fingerprint density at radius 1 is 1.36 bits per heavy atom. The number of benzene rings is 1. The molecular formula is C10H12N4.